The van der Waals surface area contributed by atoms with Gasteiger partial charge in [0.25, 0.3) is 0 Å². The molecule has 0 saturated heterocycles. The first kappa shape index (κ1) is 12.3. The summed E-state index contributed by atoms with van der Waals surface area (Å²) in [6, 6.07) is 4.51. The van der Waals surface area contributed by atoms with Crippen LogP contribution in [0.1, 0.15) is 19.5 Å². The van der Waals surface area contributed by atoms with E-state index in [1.165, 1.54) is 12.1 Å². The van der Waals surface area contributed by atoms with Crippen LogP contribution in [0.4, 0.5) is 4.39 Å². The number of rotatable bonds is 2. The van der Waals surface area contributed by atoms with Crippen molar-refractivity contribution >= 4 is 15.9 Å². The predicted molar refractivity (Wildman–Crippen MR) is 68.4 cm³/mol. The molecule has 0 atom stereocenters. The minimum absolute atomic E-state index is 0.294. The van der Waals surface area contributed by atoms with Gasteiger partial charge >= 0.3 is 0 Å². The lowest BCUT2D eigenvalue weighted by Crippen LogP contribution is -2.31. The number of halogens is 2. The van der Waals surface area contributed by atoms with E-state index in [1.54, 1.807) is 23.2 Å². The fourth-order valence-corrected chi connectivity index (χ4v) is 2.07. The molecule has 1 aromatic heterocycles. The van der Waals surface area contributed by atoms with Gasteiger partial charge in [-0.25, -0.2) is 9.37 Å². The van der Waals surface area contributed by atoms with Crippen molar-refractivity contribution in [3.63, 3.8) is 0 Å². The van der Waals surface area contributed by atoms with Crippen molar-refractivity contribution in [2.45, 2.75) is 19.4 Å². The average Bonchev–Trinajstić information content (AvgIpc) is 2.69. The van der Waals surface area contributed by atoms with Crippen molar-refractivity contribution in [1.82, 2.24) is 9.55 Å². The van der Waals surface area contributed by atoms with Crippen LogP contribution in [0.5, 0.6) is 0 Å². The highest BCUT2D eigenvalue weighted by molar-refractivity contribution is 9.10. The number of aromatic nitrogens is 2. The first-order valence-electron chi connectivity index (χ1n) is 5.17. The highest BCUT2D eigenvalue weighted by Crippen LogP contribution is 2.26. The maximum absolute atomic E-state index is 13.3. The maximum Gasteiger partial charge on any atom is 0.125 e. The Labute approximate surface area is 108 Å². The zero-order valence-electron chi connectivity index (χ0n) is 9.61. The fourth-order valence-electron chi connectivity index (χ4n) is 1.63. The lowest BCUT2D eigenvalue weighted by Gasteiger charge is -2.21. The summed E-state index contributed by atoms with van der Waals surface area (Å²) < 4.78 is 15.9. The summed E-state index contributed by atoms with van der Waals surface area (Å²) in [5.74, 6) is -0.294. The molecule has 0 aliphatic carbocycles. The number of hydrogen-bond donors (Lipinski definition) is 1. The Hall–Kier alpha value is -1.20. The van der Waals surface area contributed by atoms with Gasteiger partial charge in [0.1, 0.15) is 5.82 Å². The van der Waals surface area contributed by atoms with Gasteiger partial charge in [0.2, 0.25) is 0 Å². The summed E-state index contributed by atoms with van der Waals surface area (Å²) in [7, 11) is 0. The largest absolute Gasteiger partial charge is 0.321 e. The minimum atomic E-state index is -0.539. The first-order chi connectivity index (χ1) is 7.89. The highest BCUT2D eigenvalue weighted by atomic mass is 79.9. The van der Waals surface area contributed by atoms with E-state index >= 15 is 0 Å². The second-order valence-electron chi connectivity index (χ2n) is 4.47. The molecule has 5 heteroatoms. The van der Waals surface area contributed by atoms with Crippen molar-refractivity contribution in [3.05, 3.63) is 46.7 Å². The quantitative estimate of drug-likeness (QED) is 0.926. The normalized spacial score (nSPS) is 11.8. The summed E-state index contributed by atoms with van der Waals surface area (Å²) in [6.07, 6.45) is 3.32. The van der Waals surface area contributed by atoms with Crippen molar-refractivity contribution in [1.29, 1.82) is 0 Å². The molecule has 0 amide bonds. The molecule has 0 radical (unpaired) electrons. The fraction of sp³-hybridized carbons (Fsp3) is 0.250. The zero-order valence-corrected chi connectivity index (χ0v) is 11.2. The van der Waals surface area contributed by atoms with E-state index < -0.39 is 5.54 Å². The molecule has 2 N–H and O–H groups in total. The van der Waals surface area contributed by atoms with Gasteiger partial charge in [0.05, 0.1) is 29.4 Å². The second kappa shape index (κ2) is 4.23. The summed E-state index contributed by atoms with van der Waals surface area (Å²) in [4.78, 5) is 4.08. The number of nitrogens with two attached hydrogens (primary N) is 1. The summed E-state index contributed by atoms with van der Waals surface area (Å²) >= 11 is 3.40. The molecule has 2 rings (SSSR count). The molecule has 0 spiro atoms. The van der Waals surface area contributed by atoms with Crippen molar-refractivity contribution in [2.75, 3.05) is 0 Å². The standard InChI is InChI=1S/C12H13BrFN3/c1-12(2,15)11-6-16-7-17(11)10-5-8(14)3-4-9(10)13/h3-7H,15H2,1-2H3. The maximum atomic E-state index is 13.3. The van der Waals surface area contributed by atoms with Crippen LogP contribution in [0.15, 0.2) is 35.2 Å². The Morgan fingerprint density at radius 2 is 2.12 bits per heavy atom. The van der Waals surface area contributed by atoms with E-state index in [9.17, 15) is 4.39 Å². The van der Waals surface area contributed by atoms with E-state index in [0.29, 0.717) is 5.69 Å². The van der Waals surface area contributed by atoms with Gasteiger partial charge in [-0.05, 0) is 48.0 Å². The summed E-state index contributed by atoms with van der Waals surface area (Å²) in [5.41, 5.74) is 7.03. The SMILES string of the molecule is CC(C)(N)c1cncn1-c1cc(F)ccc1Br. The molecule has 0 fully saturated rings. The number of nitrogens with zero attached hydrogens (tertiary/aromatic N) is 2. The molecule has 2 aromatic rings. The van der Waals surface area contributed by atoms with Crippen LogP contribution in [0.3, 0.4) is 0 Å². The van der Waals surface area contributed by atoms with Gasteiger partial charge in [-0.15, -0.1) is 0 Å². The molecule has 0 saturated carbocycles. The molecule has 17 heavy (non-hydrogen) atoms. The average molecular weight is 298 g/mol. The van der Waals surface area contributed by atoms with Gasteiger partial charge in [-0.2, -0.15) is 0 Å². The van der Waals surface area contributed by atoms with Crippen LogP contribution in [-0.4, -0.2) is 9.55 Å². The van der Waals surface area contributed by atoms with Crippen molar-refractivity contribution < 1.29 is 4.39 Å². The number of benzene rings is 1. The van der Waals surface area contributed by atoms with Crippen LogP contribution < -0.4 is 5.73 Å². The zero-order chi connectivity index (χ0) is 12.6. The molecule has 90 valence electrons. The number of hydrogen-bond acceptors (Lipinski definition) is 2. The Morgan fingerprint density at radius 3 is 2.76 bits per heavy atom. The van der Waals surface area contributed by atoms with Gasteiger partial charge in [-0.1, -0.05) is 0 Å². The van der Waals surface area contributed by atoms with E-state index in [0.717, 1.165) is 10.2 Å². The molecule has 0 unspecified atom stereocenters. The van der Waals surface area contributed by atoms with Gasteiger partial charge in [-0.3, -0.25) is 0 Å². The Balaban J connectivity index is 2.61. The van der Waals surface area contributed by atoms with Gasteiger partial charge < -0.3 is 10.3 Å². The topological polar surface area (TPSA) is 43.8 Å². The van der Waals surface area contributed by atoms with Crippen LogP contribution in [0.2, 0.25) is 0 Å². The summed E-state index contributed by atoms with van der Waals surface area (Å²) in [6.45, 7) is 3.77. The highest BCUT2D eigenvalue weighted by Gasteiger charge is 2.20. The number of imidazole rings is 1. The van der Waals surface area contributed by atoms with Crippen molar-refractivity contribution in [2.24, 2.45) is 5.73 Å². The van der Waals surface area contributed by atoms with E-state index in [1.807, 2.05) is 13.8 Å². The Bertz CT molecular complexity index is 543. The third kappa shape index (κ3) is 2.40. The lowest BCUT2D eigenvalue weighted by molar-refractivity contribution is 0.523. The van der Waals surface area contributed by atoms with E-state index in [-0.39, 0.29) is 5.82 Å². The smallest absolute Gasteiger partial charge is 0.125 e. The third-order valence-electron chi connectivity index (χ3n) is 2.47. The first-order valence-corrected chi connectivity index (χ1v) is 5.96. The van der Waals surface area contributed by atoms with Crippen LogP contribution in [-0.2, 0) is 5.54 Å². The lowest BCUT2D eigenvalue weighted by atomic mass is 10.0. The molecule has 0 aliphatic rings. The molecule has 1 heterocycles. The molecule has 0 bridgehead atoms. The Morgan fingerprint density at radius 1 is 1.41 bits per heavy atom. The molecular formula is C12H13BrFN3. The van der Waals surface area contributed by atoms with Crippen LogP contribution in [0, 0.1) is 5.82 Å². The van der Waals surface area contributed by atoms with Crippen LogP contribution in [0.25, 0.3) is 5.69 Å². The third-order valence-corrected chi connectivity index (χ3v) is 3.14. The molecule has 3 nitrogen and oxygen atoms in total. The Kier molecular flexibility index (Phi) is 3.05. The minimum Gasteiger partial charge on any atom is -0.321 e. The van der Waals surface area contributed by atoms with E-state index in [2.05, 4.69) is 20.9 Å². The van der Waals surface area contributed by atoms with Crippen LogP contribution >= 0.6 is 15.9 Å². The van der Waals surface area contributed by atoms with Gasteiger partial charge in [0.15, 0.2) is 0 Å². The molecular weight excluding hydrogens is 285 g/mol. The van der Waals surface area contributed by atoms with Gasteiger partial charge in [0, 0.05) is 4.47 Å². The monoisotopic (exact) mass is 297 g/mol. The second-order valence-corrected chi connectivity index (χ2v) is 5.32. The molecule has 1 aromatic carbocycles. The summed E-state index contributed by atoms with van der Waals surface area (Å²) in [5, 5.41) is 0. The molecule has 0 aliphatic heterocycles. The van der Waals surface area contributed by atoms with Crippen molar-refractivity contribution in [3.8, 4) is 5.69 Å². The van der Waals surface area contributed by atoms with E-state index in [4.69, 9.17) is 5.73 Å². The predicted octanol–water partition coefficient (Wildman–Crippen LogP) is 2.97.